The van der Waals surface area contributed by atoms with Gasteiger partial charge in [-0.25, -0.2) is 0 Å². The Bertz CT molecular complexity index is 498. The van der Waals surface area contributed by atoms with Crippen molar-refractivity contribution in [1.29, 1.82) is 0 Å². The average molecular weight is 605 g/mol. The van der Waals surface area contributed by atoms with E-state index in [0.29, 0.717) is 6.61 Å². The third-order valence-corrected chi connectivity index (χ3v) is 18.5. The highest BCUT2D eigenvalue weighted by atomic mass is 28.5. The summed E-state index contributed by atoms with van der Waals surface area (Å²) in [5.74, 6) is 0. The molecule has 0 fully saturated rings. The fourth-order valence-corrected chi connectivity index (χ4v) is 22.2. The number of rotatable bonds is 21. The van der Waals surface area contributed by atoms with Crippen LogP contribution in [-0.4, -0.2) is 69.9 Å². The van der Waals surface area contributed by atoms with E-state index in [0.717, 1.165) is 12.5 Å². The second-order valence-electron chi connectivity index (χ2n) is 11.9. The van der Waals surface area contributed by atoms with Gasteiger partial charge in [-0.3, -0.25) is 0 Å². The van der Waals surface area contributed by atoms with E-state index >= 15 is 0 Å². The Morgan fingerprint density at radius 1 is 0.568 bits per heavy atom. The molecule has 0 saturated carbocycles. The smallest absolute Gasteiger partial charge is 0.315 e. The maximum absolute atomic E-state index is 9.22. The van der Waals surface area contributed by atoms with Gasteiger partial charge in [0.2, 0.25) is 0 Å². The number of hydrogen-bond acceptors (Lipinski definition) is 6. The van der Waals surface area contributed by atoms with Gasteiger partial charge in [-0.2, -0.15) is 0 Å². The van der Waals surface area contributed by atoms with E-state index in [2.05, 4.69) is 58.9 Å². The number of hydrogen-bond donors (Lipinski definition) is 2. The summed E-state index contributed by atoms with van der Waals surface area (Å²) in [7, 11) is -7.76. The third kappa shape index (κ3) is 31.0. The lowest BCUT2D eigenvalue weighted by molar-refractivity contribution is 0.00526. The molecule has 0 saturated heterocycles. The third-order valence-electron chi connectivity index (χ3n) is 4.98. The lowest BCUT2D eigenvalue weighted by Gasteiger charge is -2.41. The molecule has 0 aliphatic rings. The SMILES string of the molecule is C.C.C.C.C[Si](C)(C)O[Si](C)(C)O[Si](C)(CCCCCCCCCCCOCC(O)CO)O[Si](C)(C)C. The zero-order valence-corrected chi connectivity index (χ0v) is 27.3. The van der Waals surface area contributed by atoms with Crippen molar-refractivity contribution in [3.63, 3.8) is 0 Å². The van der Waals surface area contributed by atoms with Crippen LogP contribution in [0.4, 0.5) is 0 Å². The van der Waals surface area contributed by atoms with Crippen molar-refractivity contribution in [2.45, 2.75) is 159 Å². The predicted molar refractivity (Wildman–Crippen MR) is 176 cm³/mol. The summed E-state index contributed by atoms with van der Waals surface area (Å²) in [5.41, 5.74) is 0. The van der Waals surface area contributed by atoms with Crippen LogP contribution in [-0.2, 0) is 17.1 Å². The average Bonchev–Trinajstić information content (AvgIpc) is 2.60. The lowest BCUT2D eigenvalue weighted by atomic mass is 10.1. The summed E-state index contributed by atoms with van der Waals surface area (Å²) in [5, 5.41) is 18.0. The molecule has 0 aromatic heterocycles. The van der Waals surface area contributed by atoms with Crippen LogP contribution < -0.4 is 0 Å². The van der Waals surface area contributed by atoms with Crippen LogP contribution in [0.5, 0.6) is 0 Å². The van der Waals surface area contributed by atoms with Gasteiger partial charge in [0.05, 0.1) is 13.2 Å². The Morgan fingerprint density at radius 3 is 1.38 bits per heavy atom. The normalized spacial score (nSPS) is 14.4. The Labute approximate surface area is 239 Å². The molecule has 0 spiro atoms. The molecule has 0 bridgehead atoms. The van der Waals surface area contributed by atoms with Crippen molar-refractivity contribution in [3.05, 3.63) is 0 Å². The number of unbranched alkanes of at least 4 members (excludes halogenated alkanes) is 8. The molecule has 2 unspecified atom stereocenters. The molecular formula is C27H72O6Si4. The lowest BCUT2D eigenvalue weighted by Crippen LogP contribution is -2.56. The monoisotopic (exact) mass is 604 g/mol. The minimum atomic E-state index is -2.25. The summed E-state index contributed by atoms with van der Waals surface area (Å²) in [6.45, 7) is 20.8. The summed E-state index contributed by atoms with van der Waals surface area (Å²) in [6.07, 6.45) is 10.3. The van der Waals surface area contributed by atoms with Crippen LogP contribution >= 0.6 is 0 Å². The minimum Gasteiger partial charge on any atom is -0.437 e. The summed E-state index contributed by atoms with van der Waals surface area (Å²) >= 11 is 0. The maximum atomic E-state index is 9.22. The molecule has 0 aromatic rings. The number of ether oxygens (including phenoxy) is 1. The molecule has 10 heteroatoms. The van der Waals surface area contributed by atoms with Crippen LogP contribution in [0.15, 0.2) is 0 Å². The molecule has 0 heterocycles. The van der Waals surface area contributed by atoms with Crippen LogP contribution in [0.25, 0.3) is 0 Å². The van der Waals surface area contributed by atoms with Gasteiger partial charge >= 0.3 is 17.1 Å². The van der Waals surface area contributed by atoms with E-state index in [1.807, 2.05) is 0 Å². The first kappa shape index (κ1) is 47.4. The molecule has 0 aliphatic carbocycles. The molecule has 0 rings (SSSR count). The largest absolute Gasteiger partial charge is 0.437 e. The molecule has 232 valence electrons. The van der Waals surface area contributed by atoms with Crippen molar-refractivity contribution < 1.29 is 27.3 Å². The number of aliphatic hydroxyl groups excluding tert-OH is 2. The van der Waals surface area contributed by atoms with Crippen molar-refractivity contribution in [2.24, 2.45) is 0 Å². The van der Waals surface area contributed by atoms with Crippen molar-refractivity contribution >= 4 is 33.8 Å². The first-order chi connectivity index (χ1) is 15.1. The van der Waals surface area contributed by atoms with Crippen LogP contribution in [0.1, 0.15) is 87.5 Å². The van der Waals surface area contributed by atoms with Gasteiger partial charge in [0.1, 0.15) is 6.10 Å². The molecule has 2 N–H and O–H groups in total. The van der Waals surface area contributed by atoms with Gasteiger partial charge in [0.15, 0.2) is 16.6 Å². The van der Waals surface area contributed by atoms with Gasteiger partial charge in [-0.1, -0.05) is 81.1 Å². The van der Waals surface area contributed by atoms with Gasteiger partial charge in [-0.15, -0.1) is 0 Å². The summed E-state index contributed by atoms with van der Waals surface area (Å²) in [6, 6.07) is 1.06. The molecule has 0 amide bonds. The van der Waals surface area contributed by atoms with E-state index in [9.17, 15) is 5.11 Å². The highest BCUT2D eigenvalue weighted by Gasteiger charge is 2.44. The Kier molecular flexibility index (Phi) is 29.9. The summed E-state index contributed by atoms with van der Waals surface area (Å²) < 4.78 is 25.2. The van der Waals surface area contributed by atoms with Crippen LogP contribution in [0.2, 0.25) is 65.0 Å². The van der Waals surface area contributed by atoms with Gasteiger partial charge in [-0.05, 0) is 71.4 Å². The van der Waals surface area contributed by atoms with Crippen LogP contribution in [0, 0.1) is 0 Å². The highest BCUT2D eigenvalue weighted by molar-refractivity contribution is 6.89. The van der Waals surface area contributed by atoms with Crippen molar-refractivity contribution in [2.75, 3.05) is 19.8 Å². The summed E-state index contributed by atoms with van der Waals surface area (Å²) in [4.78, 5) is 0. The highest BCUT2D eigenvalue weighted by Crippen LogP contribution is 2.28. The molecule has 0 radical (unpaired) electrons. The van der Waals surface area contributed by atoms with E-state index in [1.165, 1.54) is 51.4 Å². The van der Waals surface area contributed by atoms with E-state index in [1.54, 1.807) is 0 Å². The Morgan fingerprint density at radius 2 is 0.973 bits per heavy atom. The standard InChI is InChI=1S/C23H56O6Si4.4CH4/c1-30(2,3)27-32(7,8)29-33(9,28-31(4,5)6)20-18-16-14-12-10-11-13-15-17-19-26-22-23(25)21-24;;;;/h23-25H,10-22H2,1-9H3;4*1H4. The second-order valence-corrected chi connectivity index (χ2v) is 28.4. The number of aliphatic hydroxyl groups is 2. The van der Waals surface area contributed by atoms with E-state index in [4.69, 9.17) is 22.2 Å². The molecular weight excluding hydrogens is 533 g/mol. The van der Waals surface area contributed by atoms with Crippen molar-refractivity contribution in [3.8, 4) is 0 Å². The molecule has 6 nitrogen and oxygen atoms in total. The quantitative estimate of drug-likeness (QED) is 0.101. The molecule has 2 atom stereocenters. The minimum absolute atomic E-state index is 0. The zero-order chi connectivity index (χ0) is 25.6. The second kappa shape index (κ2) is 23.3. The molecule has 37 heavy (non-hydrogen) atoms. The van der Waals surface area contributed by atoms with Crippen molar-refractivity contribution in [1.82, 2.24) is 0 Å². The first-order valence-electron chi connectivity index (χ1n) is 13.0. The Balaban J connectivity index is -0.000000853. The predicted octanol–water partition coefficient (Wildman–Crippen LogP) is 8.90. The van der Waals surface area contributed by atoms with Gasteiger partial charge in [0, 0.05) is 6.61 Å². The van der Waals surface area contributed by atoms with Crippen LogP contribution in [0.3, 0.4) is 0 Å². The van der Waals surface area contributed by atoms with Gasteiger partial charge < -0.3 is 27.3 Å². The zero-order valence-electron chi connectivity index (χ0n) is 23.3. The van der Waals surface area contributed by atoms with Gasteiger partial charge in [0.25, 0.3) is 0 Å². The fourth-order valence-electron chi connectivity index (χ4n) is 4.21. The van der Waals surface area contributed by atoms with E-state index < -0.39 is 39.9 Å². The fraction of sp³-hybridized carbons (Fsp3) is 1.00. The molecule has 0 aromatic carbocycles. The van der Waals surface area contributed by atoms with E-state index in [-0.39, 0.29) is 42.9 Å². The molecule has 0 aliphatic heterocycles. The maximum Gasteiger partial charge on any atom is 0.315 e. The topological polar surface area (TPSA) is 77.4 Å². The Hall–Kier alpha value is 0.628. The first-order valence-corrected chi connectivity index (χ1v) is 25.2.